The molecular weight excluding hydrogens is 214 g/mol. The molecular formula is C13H17N3O. The summed E-state index contributed by atoms with van der Waals surface area (Å²) in [6.07, 6.45) is 3.82. The summed E-state index contributed by atoms with van der Waals surface area (Å²) in [5.74, 6) is 0.843. The monoisotopic (exact) mass is 231 g/mol. The maximum absolute atomic E-state index is 6.13. The van der Waals surface area contributed by atoms with Gasteiger partial charge in [-0.15, -0.1) is 0 Å². The number of hydrogen-bond donors (Lipinski definition) is 1. The van der Waals surface area contributed by atoms with Crippen molar-refractivity contribution in [2.75, 3.05) is 7.11 Å². The predicted molar refractivity (Wildman–Crippen MR) is 66.9 cm³/mol. The molecule has 2 rings (SSSR count). The first-order valence-corrected chi connectivity index (χ1v) is 5.57. The van der Waals surface area contributed by atoms with Crippen molar-refractivity contribution < 1.29 is 4.74 Å². The lowest BCUT2D eigenvalue weighted by molar-refractivity contribution is 0.414. The second-order valence-electron chi connectivity index (χ2n) is 4.12. The van der Waals surface area contributed by atoms with E-state index in [9.17, 15) is 0 Å². The lowest BCUT2D eigenvalue weighted by atomic mass is 10.1. The molecule has 0 aliphatic heterocycles. The van der Waals surface area contributed by atoms with E-state index in [0.717, 1.165) is 16.9 Å². The summed E-state index contributed by atoms with van der Waals surface area (Å²) in [5, 5.41) is 4.23. The molecule has 1 atom stereocenters. The fourth-order valence-corrected chi connectivity index (χ4v) is 1.72. The van der Waals surface area contributed by atoms with Gasteiger partial charge >= 0.3 is 0 Å². The molecule has 0 spiro atoms. The third-order valence-corrected chi connectivity index (χ3v) is 2.69. The number of methoxy groups -OCH3 is 1. The minimum atomic E-state index is -0.0554. The van der Waals surface area contributed by atoms with Crippen LogP contribution < -0.4 is 10.5 Å². The van der Waals surface area contributed by atoms with Crippen molar-refractivity contribution >= 4 is 0 Å². The average Bonchev–Trinajstić information content (AvgIpc) is 2.75. The van der Waals surface area contributed by atoms with Crippen molar-refractivity contribution in [1.82, 2.24) is 9.78 Å². The number of hydrogen-bond acceptors (Lipinski definition) is 3. The molecule has 0 amide bonds. The molecule has 0 radical (unpaired) electrons. The van der Waals surface area contributed by atoms with E-state index in [-0.39, 0.29) is 6.04 Å². The standard InChI is InChI=1S/C13H17N3O/c1-10-7-15-16(8-10)9-13(14)11-3-5-12(17-2)6-4-11/h3-8,13H,9,14H2,1-2H3. The van der Waals surface area contributed by atoms with Gasteiger partial charge in [-0.3, -0.25) is 4.68 Å². The highest BCUT2D eigenvalue weighted by atomic mass is 16.5. The molecule has 1 unspecified atom stereocenters. The molecule has 4 heteroatoms. The lowest BCUT2D eigenvalue weighted by Crippen LogP contribution is -2.17. The van der Waals surface area contributed by atoms with Crippen molar-refractivity contribution in [1.29, 1.82) is 0 Å². The van der Waals surface area contributed by atoms with E-state index in [4.69, 9.17) is 10.5 Å². The van der Waals surface area contributed by atoms with Gasteiger partial charge in [-0.05, 0) is 30.2 Å². The Labute approximate surface area is 101 Å². The molecule has 0 saturated heterocycles. The van der Waals surface area contributed by atoms with Gasteiger partial charge in [-0.25, -0.2) is 0 Å². The van der Waals surface area contributed by atoms with E-state index in [0.29, 0.717) is 6.54 Å². The Kier molecular flexibility index (Phi) is 3.44. The molecule has 17 heavy (non-hydrogen) atoms. The van der Waals surface area contributed by atoms with E-state index in [2.05, 4.69) is 5.10 Å². The summed E-state index contributed by atoms with van der Waals surface area (Å²) < 4.78 is 6.98. The Morgan fingerprint density at radius 2 is 2.06 bits per heavy atom. The van der Waals surface area contributed by atoms with Gasteiger partial charge in [0.15, 0.2) is 0 Å². The van der Waals surface area contributed by atoms with Crippen LogP contribution in [0.4, 0.5) is 0 Å². The van der Waals surface area contributed by atoms with Crippen molar-refractivity contribution in [3.8, 4) is 5.75 Å². The average molecular weight is 231 g/mol. The molecule has 0 aliphatic rings. The lowest BCUT2D eigenvalue weighted by Gasteiger charge is -2.12. The minimum Gasteiger partial charge on any atom is -0.497 e. The van der Waals surface area contributed by atoms with E-state index in [1.807, 2.05) is 48.3 Å². The topological polar surface area (TPSA) is 53.1 Å². The van der Waals surface area contributed by atoms with Crippen molar-refractivity contribution in [3.63, 3.8) is 0 Å². The van der Waals surface area contributed by atoms with Crippen LogP contribution in [0.2, 0.25) is 0 Å². The molecule has 4 nitrogen and oxygen atoms in total. The Bertz CT molecular complexity index is 476. The normalized spacial score (nSPS) is 12.4. The zero-order valence-corrected chi connectivity index (χ0v) is 10.1. The molecule has 0 fully saturated rings. The maximum atomic E-state index is 6.13. The van der Waals surface area contributed by atoms with Gasteiger partial charge in [-0.1, -0.05) is 12.1 Å². The van der Waals surface area contributed by atoms with Crippen LogP contribution in [0, 0.1) is 6.92 Å². The van der Waals surface area contributed by atoms with Crippen LogP contribution in [0.3, 0.4) is 0 Å². The Balaban J connectivity index is 2.06. The highest BCUT2D eigenvalue weighted by Crippen LogP contribution is 2.17. The van der Waals surface area contributed by atoms with E-state index >= 15 is 0 Å². The van der Waals surface area contributed by atoms with Crippen LogP contribution in [0.15, 0.2) is 36.7 Å². The number of nitrogens with two attached hydrogens (primary N) is 1. The minimum absolute atomic E-state index is 0.0554. The summed E-state index contributed by atoms with van der Waals surface area (Å²) in [6, 6.07) is 7.76. The summed E-state index contributed by atoms with van der Waals surface area (Å²) in [5.41, 5.74) is 8.35. The molecule has 2 aromatic rings. The Morgan fingerprint density at radius 1 is 1.35 bits per heavy atom. The van der Waals surface area contributed by atoms with Crippen LogP contribution >= 0.6 is 0 Å². The quantitative estimate of drug-likeness (QED) is 0.874. The van der Waals surface area contributed by atoms with Gasteiger partial charge in [-0.2, -0.15) is 5.10 Å². The first-order chi connectivity index (χ1) is 8.19. The van der Waals surface area contributed by atoms with Gasteiger partial charge in [0.25, 0.3) is 0 Å². The molecule has 0 saturated carbocycles. The Morgan fingerprint density at radius 3 is 2.59 bits per heavy atom. The number of rotatable bonds is 4. The number of benzene rings is 1. The number of ether oxygens (including phenoxy) is 1. The first-order valence-electron chi connectivity index (χ1n) is 5.57. The zero-order valence-electron chi connectivity index (χ0n) is 10.1. The highest BCUT2D eigenvalue weighted by Gasteiger charge is 2.07. The molecule has 90 valence electrons. The van der Waals surface area contributed by atoms with Crippen LogP contribution in [0.25, 0.3) is 0 Å². The molecule has 1 heterocycles. The van der Waals surface area contributed by atoms with Gasteiger partial charge in [0.2, 0.25) is 0 Å². The molecule has 2 N–H and O–H groups in total. The summed E-state index contributed by atoms with van der Waals surface area (Å²) in [4.78, 5) is 0. The summed E-state index contributed by atoms with van der Waals surface area (Å²) in [7, 11) is 1.65. The van der Waals surface area contributed by atoms with Gasteiger partial charge < -0.3 is 10.5 Å². The number of aromatic nitrogens is 2. The maximum Gasteiger partial charge on any atom is 0.118 e. The number of aryl methyl sites for hydroxylation is 1. The van der Waals surface area contributed by atoms with Crippen molar-refractivity contribution in [2.45, 2.75) is 19.5 Å². The SMILES string of the molecule is COc1ccc(C(N)Cn2cc(C)cn2)cc1. The van der Waals surface area contributed by atoms with Gasteiger partial charge in [0.1, 0.15) is 5.75 Å². The molecule has 1 aromatic heterocycles. The van der Waals surface area contributed by atoms with E-state index in [1.54, 1.807) is 7.11 Å². The van der Waals surface area contributed by atoms with Crippen LogP contribution in [0.5, 0.6) is 5.75 Å². The molecule has 0 aliphatic carbocycles. The largest absolute Gasteiger partial charge is 0.497 e. The molecule has 1 aromatic carbocycles. The second-order valence-corrected chi connectivity index (χ2v) is 4.12. The molecule has 0 bridgehead atoms. The first kappa shape index (κ1) is 11.7. The van der Waals surface area contributed by atoms with E-state index in [1.165, 1.54) is 0 Å². The Hall–Kier alpha value is -1.81. The fraction of sp³-hybridized carbons (Fsp3) is 0.308. The number of nitrogens with zero attached hydrogens (tertiary/aromatic N) is 2. The fourth-order valence-electron chi connectivity index (χ4n) is 1.72. The summed E-state index contributed by atoms with van der Waals surface area (Å²) >= 11 is 0. The van der Waals surface area contributed by atoms with Crippen molar-refractivity contribution in [3.05, 3.63) is 47.8 Å². The third kappa shape index (κ3) is 2.85. The smallest absolute Gasteiger partial charge is 0.118 e. The van der Waals surface area contributed by atoms with Crippen molar-refractivity contribution in [2.24, 2.45) is 5.73 Å². The van der Waals surface area contributed by atoms with Crippen LogP contribution in [-0.4, -0.2) is 16.9 Å². The van der Waals surface area contributed by atoms with Crippen LogP contribution in [0.1, 0.15) is 17.2 Å². The predicted octanol–water partition coefficient (Wildman–Crippen LogP) is 1.90. The summed E-state index contributed by atoms with van der Waals surface area (Å²) in [6.45, 7) is 2.70. The van der Waals surface area contributed by atoms with Gasteiger partial charge in [0.05, 0.1) is 19.9 Å². The van der Waals surface area contributed by atoms with Gasteiger partial charge in [0, 0.05) is 12.2 Å². The highest BCUT2D eigenvalue weighted by molar-refractivity contribution is 5.28. The zero-order chi connectivity index (χ0) is 12.3. The van der Waals surface area contributed by atoms with E-state index < -0.39 is 0 Å². The third-order valence-electron chi connectivity index (χ3n) is 2.69. The second kappa shape index (κ2) is 5.01. The van der Waals surface area contributed by atoms with Crippen LogP contribution in [-0.2, 0) is 6.54 Å².